The number of allylic oxidation sites excluding steroid dienone is 4. The van der Waals surface area contributed by atoms with Gasteiger partial charge in [0.25, 0.3) is 0 Å². The van der Waals surface area contributed by atoms with Crippen molar-refractivity contribution in [3.63, 3.8) is 0 Å². The van der Waals surface area contributed by atoms with Crippen molar-refractivity contribution in [3.8, 4) is 0 Å². The van der Waals surface area contributed by atoms with E-state index in [-0.39, 0.29) is 11.9 Å². The van der Waals surface area contributed by atoms with Crippen LogP contribution in [0.25, 0.3) is 0 Å². The van der Waals surface area contributed by atoms with Crippen molar-refractivity contribution in [2.75, 3.05) is 0 Å². The van der Waals surface area contributed by atoms with Gasteiger partial charge in [0.15, 0.2) is 0 Å². The quantitative estimate of drug-likeness (QED) is 0.0297. The number of carbonyl (C=O) groups excluding carboxylic acids is 2. The van der Waals surface area contributed by atoms with Crippen LogP contribution in [0, 0.1) is 0 Å². The summed E-state index contributed by atoms with van der Waals surface area (Å²) in [6, 6.07) is 0. The summed E-state index contributed by atoms with van der Waals surface area (Å²) in [5.74, 6) is -0.684. The van der Waals surface area contributed by atoms with Crippen molar-refractivity contribution < 1.29 is 19.4 Å². The van der Waals surface area contributed by atoms with Crippen molar-refractivity contribution in [2.45, 2.75) is 194 Å². The Morgan fingerprint density at radius 1 is 0.476 bits per heavy atom. The first kappa shape index (κ1) is 42.3. The van der Waals surface area contributed by atoms with Gasteiger partial charge < -0.3 is 9.84 Å². The van der Waals surface area contributed by atoms with Crippen LogP contribution in [0.15, 0.2) is 37.1 Å². The van der Waals surface area contributed by atoms with Crippen LogP contribution in [-0.4, -0.2) is 17.0 Å². The minimum absolute atomic E-state index is 0.342. The molecule has 42 heavy (non-hydrogen) atoms. The van der Waals surface area contributed by atoms with Gasteiger partial charge in [-0.15, -0.1) is 0 Å². The predicted molar refractivity (Wildman–Crippen MR) is 183 cm³/mol. The molecule has 0 atom stereocenters. The first-order valence-corrected chi connectivity index (χ1v) is 17.9. The number of hydrogen-bond donors (Lipinski definition) is 1. The lowest BCUT2D eigenvalue weighted by Gasteiger charge is -2.04. The summed E-state index contributed by atoms with van der Waals surface area (Å²) < 4.78 is 4.99. The summed E-state index contributed by atoms with van der Waals surface area (Å²) in [6.45, 7) is 7.45. The molecule has 0 radical (unpaired) electrons. The number of aliphatic hydroxyl groups excluding tert-OH is 1. The molecule has 4 nitrogen and oxygen atoms in total. The molecule has 0 spiro atoms. The van der Waals surface area contributed by atoms with Crippen LogP contribution in [0.1, 0.15) is 194 Å². The number of rotatable bonds is 30. The summed E-state index contributed by atoms with van der Waals surface area (Å²) in [6.07, 6.45) is 43.0. The molecule has 0 rings (SSSR count). The van der Waals surface area contributed by atoms with Crippen LogP contribution in [-0.2, 0) is 14.3 Å². The van der Waals surface area contributed by atoms with E-state index in [1.807, 2.05) is 0 Å². The monoisotopic (exact) mass is 591 g/mol. The zero-order chi connectivity index (χ0) is 31.2. The van der Waals surface area contributed by atoms with E-state index >= 15 is 0 Å². The number of carbonyl (C=O) groups is 2. The third-order valence-electron chi connectivity index (χ3n) is 7.51. The van der Waals surface area contributed by atoms with E-state index in [4.69, 9.17) is 9.84 Å². The maximum absolute atomic E-state index is 11.9. The average molecular weight is 591 g/mol. The molecule has 246 valence electrons. The first-order valence-electron chi connectivity index (χ1n) is 17.9. The summed E-state index contributed by atoms with van der Waals surface area (Å²) >= 11 is 0. The Kier molecular flexibility index (Phi) is 39.4. The maximum atomic E-state index is 11.9. The topological polar surface area (TPSA) is 63.6 Å². The summed E-state index contributed by atoms with van der Waals surface area (Å²) in [5, 5.41) is 7.33. The van der Waals surface area contributed by atoms with Crippen molar-refractivity contribution in [1.29, 1.82) is 0 Å². The molecule has 1 N–H and O–H groups in total. The molecule has 0 bridgehead atoms. The lowest BCUT2D eigenvalue weighted by molar-refractivity contribution is -0.159. The molecule has 0 amide bonds. The molecule has 0 aromatic rings. The van der Waals surface area contributed by atoms with Crippen molar-refractivity contribution in [1.82, 2.24) is 0 Å². The van der Waals surface area contributed by atoms with Gasteiger partial charge >= 0.3 is 11.9 Å². The smallest absolute Gasteiger partial charge is 0.313 e. The molecule has 0 saturated carbocycles. The molecule has 0 heterocycles. The second-order valence-corrected chi connectivity index (χ2v) is 11.7. The molecule has 0 saturated heterocycles. The molecular formula is C38H70O4. The highest BCUT2D eigenvalue weighted by Crippen LogP contribution is 2.12. The number of unbranched alkanes of at least 4 members (excludes halogenated alkanes) is 22. The van der Waals surface area contributed by atoms with Gasteiger partial charge in [-0.1, -0.05) is 147 Å². The number of hydrogen-bond acceptors (Lipinski definition) is 4. The van der Waals surface area contributed by atoms with Crippen molar-refractivity contribution in [3.05, 3.63) is 37.1 Å². The molecule has 0 aliphatic rings. The second kappa shape index (κ2) is 39.2. The van der Waals surface area contributed by atoms with Crippen LogP contribution in [0.2, 0.25) is 0 Å². The van der Waals surface area contributed by atoms with Gasteiger partial charge in [0, 0.05) is 12.8 Å². The summed E-state index contributed by atoms with van der Waals surface area (Å²) in [4.78, 5) is 23.8. The van der Waals surface area contributed by atoms with Crippen LogP contribution >= 0.6 is 0 Å². The Balaban J connectivity index is 0. The standard InChI is InChI=1S/C36H66O3.C2H4O/c1-3-5-7-9-11-13-15-17-19-21-23-25-27-29-31-33-35(37)39-36(38)34-32-30-28-26-24-22-20-18-16-14-12-10-8-6-4-2;1-2-3/h17-20H,3-16,21-34H2,1-2H3;2-3H,1H2/b19-17-,20-18-;. The number of esters is 2. The highest BCUT2D eigenvalue weighted by atomic mass is 16.6. The lowest BCUT2D eigenvalue weighted by Crippen LogP contribution is -2.11. The normalized spacial score (nSPS) is 11.1. The maximum Gasteiger partial charge on any atom is 0.313 e. The number of aliphatic hydroxyl groups is 1. The summed E-state index contributed by atoms with van der Waals surface area (Å²) in [5.41, 5.74) is 0. The molecule has 0 aromatic carbocycles. The van der Waals surface area contributed by atoms with Crippen LogP contribution in [0.4, 0.5) is 0 Å². The van der Waals surface area contributed by atoms with E-state index in [1.54, 1.807) is 0 Å². The third-order valence-corrected chi connectivity index (χ3v) is 7.51. The van der Waals surface area contributed by atoms with E-state index in [1.165, 1.54) is 128 Å². The molecule has 0 fully saturated rings. The van der Waals surface area contributed by atoms with E-state index < -0.39 is 0 Å². The SMILES string of the molecule is C=CO.CCCCCCCC/C=C\CCCCCCCC(=O)OC(=O)CCCCCCC/C=C\CCCCCCCC. The Morgan fingerprint density at radius 2 is 0.714 bits per heavy atom. The fraction of sp³-hybridized carbons (Fsp3) is 0.789. The van der Waals surface area contributed by atoms with E-state index in [2.05, 4.69) is 44.7 Å². The Bertz CT molecular complexity index is 573. The van der Waals surface area contributed by atoms with Crippen molar-refractivity contribution in [2.24, 2.45) is 0 Å². The zero-order valence-electron chi connectivity index (χ0n) is 28.1. The Morgan fingerprint density at radius 3 is 1.00 bits per heavy atom. The molecule has 0 aromatic heterocycles. The van der Waals surface area contributed by atoms with E-state index in [0.717, 1.165) is 44.8 Å². The third kappa shape index (κ3) is 40.3. The molecular weight excluding hydrogens is 520 g/mol. The molecule has 0 aliphatic heterocycles. The summed E-state index contributed by atoms with van der Waals surface area (Å²) in [7, 11) is 0. The highest BCUT2D eigenvalue weighted by Gasteiger charge is 2.09. The lowest BCUT2D eigenvalue weighted by atomic mass is 10.1. The van der Waals surface area contributed by atoms with Crippen LogP contribution < -0.4 is 0 Å². The second-order valence-electron chi connectivity index (χ2n) is 11.7. The van der Waals surface area contributed by atoms with Gasteiger partial charge in [-0.25, -0.2) is 0 Å². The molecule has 0 aliphatic carbocycles. The van der Waals surface area contributed by atoms with Gasteiger partial charge in [-0.2, -0.15) is 0 Å². The minimum atomic E-state index is -0.342. The molecule has 0 unspecified atom stereocenters. The van der Waals surface area contributed by atoms with Gasteiger partial charge in [0.2, 0.25) is 0 Å². The first-order chi connectivity index (χ1) is 20.6. The zero-order valence-corrected chi connectivity index (χ0v) is 28.1. The van der Waals surface area contributed by atoms with E-state index in [0.29, 0.717) is 12.8 Å². The average Bonchev–Trinajstić information content (AvgIpc) is 2.97. The molecule has 4 heteroatoms. The van der Waals surface area contributed by atoms with Gasteiger partial charge in [-0.3, -0.25) is 9.59 Å². The highest BCUT2D eigenvalue weighted by molar-refractivity contribution is 5.85. The largest absolute Gasteiger partial charge is 0.516 e. The van der Waals surface area contributed by atoms with Crippen LogP contribution in [0.5, 0.6) is 0 Å². The van der Waals surface area contributed by atoms with Crippen molar-refractivity contribution >= 4 is 11.9 Å². The Labute approximate surface area is 261 Å². The predicted octanol–water partition coefficient (Wildman–Crippen LogP) is 12.8. The van der Waals surface area contributed by atoms with Gasteiger partial charge in [0.1, 0.15) is 0 Å². The Hall–Kier alpha value is -1.84. The van der Waals surface area contributed by atoms with Gasteiger partial charge in [-0.05, 0) is 64.2 Å². The van der Waals surface area contributed by atoms with Gasteiger partial charge in [0.05, 0.1) is 6.26 Å². The van der Waals surface area contributed by atoms with E-state index in [9.17, 15) is 9.59 Å². The number of ether oxygens (including phenoxy) is 1. The fourth-order valence-corrected chi connectivity index (χ4v) is 4.91. The minimum Gasteiger partial charge on any atom is -0.516 e. The van der Waals surface area contributed by atoms with Crippen LogP contribution in [0.3, 0.4) is 0 Å². The fourth-order valence-electron chi connectivity index (χ4n) is 4.91.